The maximum absolute atomic E-state index is 14.2. The Kier molecular flexibility index (Phi) is 16.3. The van der Waals surface area contributed by atoms with Gasteiger partial charge < -0.3 is 30.9 Å². The lowest BCUT2D eigenvalue weighted by Crippen LogP contribution is -2.47. The highest BCUT2D eigenvalue weighted by Crippen LogP contribution is 2.44. The number of aliphatic hydroxyl groups excluding tert-OH is 1. The van der Waals surface area contributed by atoms with Gasteiger partial charge >= 0.3 is 5.97 Å². The average molecular weight is 930 g/mol. The van der Waals surface area contributed by atoms with Gasteiger partial charge in [-0.3, -0.25) is 29.0 Å². The van der Waals surface area contributed by atoms with Crippen LogP contribution in [0.3, 0.4) is 0 Å². The Hall–Kier alpha value is -5.84. The summed E-state index contributed by atoms with van der Waals surface area (Å²) in [5.74, 6) is -4.38. The highest BCUT2D eigenvalue weighted by molar-refractivity contribution is 5.93. The molecular formula is C51H59F4N5O7. The summed E-state index contributed by atoms with van der Waals surface area (Å²) in [6.07, 6.45) is 7.45. The van der Waals surface area contributed by atoms with Crippen LogP contribution < -0.4 is 5.73 Å². The van der Waals surface area contributed by atoms with Crippen LogP contribution in [0.5, 0.6) is 5.75 Å². The quantitative estimate of drug-likeness (QED) is 0.0811. The van der Waals surface area contributed by atoms with E-state index in [0.29, 0.717) is 54.7 Å². The Morgan fingerprint density at radius 3 is 1.43 bits per heavy atom. The molecule has 4 aromatic rings. The molecule has 3 unspecified atom stereocenters. The highest BCUT2D eigenvalue weighted by atomic mass is 19.1. The van der Waals surface area contributed by atoms with E-state index >= 15 is 0 Å². The van der Waals surface area contributed by atoms with E-state index in [4.69, 9.17) is 10.8 Å². The van der Waals surface area contributed by atoms with Gasteiger partial charge in [-0.05, 0) is 123 Å². The minimum Gasteiger partial charge on any atom is -0.508 e. The first-order chi connectivity index (χ1) is 32.2. The first-order valence-electron chi connectivity index (χ1n) is 23.1. The number of phenolic OH excluding ortho intramolecular Hbond substituents is 1. The molecule has 16 heteroatoms. The summed E-state index contributed by atoms with van der Waals surface area (Å²) in [6.45, 7) is 0.539. The number of halogens is 4. The second kappa shape index (κ2) is 22.3. The van der Waals surface area contributed by atoms with Gasteiger partial charge in [0.2, 0.25) is 17.7 Å². The lowest BCUT2D eigenvalue weighted by Gasteiger charge is -2.40. The Bertz CT molecular complexity index is 2340. The molecule has 5 atom stereocenters. The number of carbonyl (C=O) groups is 4. The lowest BCUT2D eigenvalue weighted by atomic mass is 9.84. The monoisotopic (exact) mass is 929 g/mol. The summed E-state index contributed by atoms with van der Waals surface area (Å²) in [7, 11) is 0. The van der Waals surface area contributed by atoms with Crippen LogP contribution in [0.2, 0.25) is 0 Å². The molecule has 4 bridgehead atoms. The number of fused-ring (bicyclic) bond motifs is 4. The fourth-order valence-electron chi connectivity index (χ4n) is 10.8. The van der Waals surface area contributed by atoms with Crippen LogP contribution in [-0.2, 0) is 27.5 Å². The number of carboxylic acid groups (broad SMARTS) is 1. The number of nitrogens with two attached hydrogens (primary N) is 1. The van der Waals surface area contributed by atoms with E-state index in [2.05, 4.69) is 9.80 Å². The van der Waals surface area contributed by atoms with Crippen LogP contribution in [0.1, 0.15) is 109 Å². The number of primary amides is 1. The van der Waals surface area contributed by atoms with Gasteiger partial charge in [-0.2, -0.15) is 0 Å². The number of nitrogens with zero attached hydrogens (tertiary/aromatic N) is 4. The molecule has 4 aromatic carbocycles. The largest absolute Gasteiger partial charge is 0.508 e. The third-order valence-electron chi connectivity index (χ3n) is 14.2. The average Bonchev–Trinajstić information content (AvgIpc) is 3.68. The van der Waals surface area contributed by atoms with Crippen LogP contribution >= 0.6 is 0 Å². The summed E-state index contributed by atoms with van der Waals surface area (Å²) in [4.78, 5) is 55.0. The Morgan fingerprint density at radius 1 is 0.597 bits per heavy atom. The third-order valence-corrected chi connectivity index (χ3v) is 14.2. The van der Waals surface area contributed by atoms with E-state index in [1.165, 1.54) is 21.9 Å². The zero-order valence-electron chi connectivity index (χ0n) is 37.4. The summed E-state index contributed by atoms with van der Waals surface area (Å²) in [5, 5.41) is 28.2. The van der Waals surface area contributed by atoms with E-state index in [0.717, 1.165) is 86.8 Å². The van der Waals surface area contributed by atoms with Crippen molar-refractivity contribution in [3.05, 3.63) is 136 Å². The van der Waals surface area contributed by atoms with E-state index in [9.17, 15) is 47.0 Å². The van der Waals surface area contributed by atoms with Crippen LogP contribution in [0.25, 0.3) is 0 Å². The summed E-state index contributed by atoms with van der Waals surface area (Å²) < 4.78 is 56.7. The second-order valence-electron chi connectivity index (χ2n) is 18.2. The van der Waals surface area contributed by atoms with Gasteiger partial charge in [-0.15, -0.1) is 0 Å². The summed E-state index contributed by atoms with van der Waals surface area (Å²) >= 11 is 0. The normalized spacial score (nSPS) is 22.2. The lowest BCUT2D eigenvalue weighted by molar-refractivity contribution is -0.141. The SMILES string of the molecule is NC(=O)c1cccc(C2C[C@H]3CC[C@@H](C2)N3CCN(Cc2c(F)cccc2F)C(=O)CO)c1.O=C(O)CCC(=O)N(CCN1C2CCC1CC(c1cccc(O)c1)C2)Cc1c(F)cccc1F. The Labute approximate surface area is 388 Å². The summed E-state index contributed by atoms with van der Waals surface area (Å²) in [6, 6.07) is 23.5. The molecule has 4 aliphatic rings. The number of aliphatic carboxylic acids is 1. The predicted octanol–water partition coefficient (Wildman–Crippen LogP) is 7.07. The van der Waals surface area contributed by atoms with Gasteiger partial charge in [0, 0.05) is 73.5 Å². The number of aliphatic hydroxyl groups is 1. The van der Waals surface area contributed by atoms with Crippen molar-refractivity contribution in [3.63, 3.8) is 0 Å². The molecule has 5 N–H and O–H groups in total. The predicted molar refractivity (Wildman–Crippen MR) is 242 cm³/mol. The fraction of sp³-hybridized carbons (Fsp3) is 0.451. The van der Waals surface area contributed by atoms with Gasteiger partial charge in [0.05, 0.1) is 19.5 Å². The minimum absolute atomic E-state index is 0.171. The molecule has 8 rings (SSSR count). The van der Waals surface area contributed by atoms with Crippen LogP contribution in [0, 0.1) is 23.3 Å². The van der Waals surface area contributed by atoms with Gasteiger partial charge in [0.15, 0.2) is 0 Å². The molecule has 4 aliphatic heterocycles. The van der Waals surface area contributed by atoms with Crippen molar-refractivity contribution in [2.24, 2.45) is 5.73 Å². The minimum atomic E-state index is -1.09. The summed E-state index contributed by atoms with van der Waals surface area (Å²) in [5.41, 5.74) is 7.85. The maximum Gasteiger partial charge on any atom is 0.303 e. The van der Waals surface area contributed by atoms with Gasteiger partial charge in [0.25, 0.3) is 0 Å². The number of phenols is 1. The number of hydrogen-bond donors (Lipinski definition) is 4. The number of carboxylic acids is 1. The standard InChI is InChI=1S/C26H30F2N2O4.C25H29F2N3O3/c27-23-5-2-6-24(28)22(23)16-29(25(32)9-10-26(33)34)11-12-30-19-7-8-20(30)14-18(13-19)17-3-1-4-21(31)15-17;26-22-5-2-6-23(27)21(22)14-29(24(32)15-31)9-10-30-19-7-8-20(30)13-18(12-19)16-3-1-4-17(11-16)25(28)33/h1-6,15,18-20,31H,7-14,16H2,(H,33,34);1-6,11,18-20,31H,7-10,12-15H2,(H2,28,33)/t;18?,19-,20+. The number of benzene rings is 4. The number of piperidine rings is 2. The number of carbonyl (C=O) groups excluding carboxylic acids is 3. The van der Waals surface area contributed by atoms with Gasteiger partial charge in [0.1, 0.15) is 35.6 Å². The molecule has 12 nitrogen and oxygen atoms in total. The zero-order chi connectivity index (χ0) is 47.8. The second-order valence-corrected chi connectivity index (χ2v) is 18.2. The number of amides is 3. The van der Waals surface area contributed by atoms with Crippen molar-refractivity contribution >= 4 is 23.7 Å². The molecule has 0 aromatic heterocycles. The molecule has 4 heterocycles. The molecule has 3 amide bonds. The van der Waals surface area contributed by atoms with E-state index < -0.39 is 53.6 Å². The van der Waals surface area contributed by atoms with Crippen LogP contribution in [0.15, 0.2) is 84.9 Å². The van der Waals surface area contributed by atoms with Crippen molar-refractivity contribution in [2.75, 3.05) is 32.8 Å². The fourth-order valence-corrected chi connectivity index (χ4v) is 10.8. The van der Waals surface area contributed by atoms with Crippen molar-refractivity contribution in [1.82, 2.24) is 19.6 Å². The van der Waals surface area contributed by atoms with E-state index in [-0.39, 0.29) is 55.9 Å². The molecule has 4 fully saturated rings. The Balaban J connectivity index is 0.000000199. The van der Waals surface area contributed by atoms with Gasteiger partial charge in [-0.1, -0.05) is 36.4 Å². The molecule has 358 valence electrons. The van der Waals surface area contributed by atoms with Crippen molar-refractivity contribution in [3.8, 4) is 5.75 Å². The van der Waals surface area contributed by atoms with Crippen LogP contribution in [-0.4, -0.2) is 116 Å². The molecule has 0 saturated carbocycles. The first-order valence-corrected chi connectivity index (χ1v) is 23.1. The van der Waals surface area contributed by atoms with Crippen molar-refractivity contribution in [2.45, 2.75) is 113 Å². The van der Waals surface area contributed by atoms with E-state index in [1.807, 2.05) is 36.4 Å². The molecule has 0 radical (unpaired) electrons. The zero-order valence-corrected chi connectivity index (χ0v) is 37.4. The van der Waals surface area contributed by atoms with Crippen molar-refractivity contribution in [1.29, 1.82) is 0 Å². The topological polar surface area (TPSA) is 168 Å². The third kappa shape index (κ3) is 12.2. The number of rotatable bonds is 17. The molecule has 4 saturated heterocycles. The molecule has 0 aliphatic carbocycles. The molecular weight excluding hydrogens is 871 g/mol. The smallest absolute Gasteiger partial charge is 0.303 e. The molecule has 0 spiro atoms. The van der Waals surface area contributed by atoms with Crippen molar-refractivity contribution < 1.29 is 52.1 Å². The Morgan fingerprint density at radius 2 is 1.01 bits per heavy atom. The highest BCUT2D eigenvalue weighted by Gasteiger charge is 2.42. The van der Waals surface area contributed by atoms with Crippen LogP contribution in [0.4, 0.5) is 17.6 Å². The maximum atomic E-state index is 14.2. The van der Waals surface area contributed by atoms with E-state index in [1.54, 1.807) is 12.1 Å². The number of aromatic hydroxyl groups is 1. The number of hydrogen-bond acceptors (Lipinski definition) is 8. The first kappa shape index (κ1) is 49.1. The van der Waals surface area contributed by atoms with Gasteiger partial charge in [-0.25, -0.2) is 17.6 Å². The molecule has 67 heavy (non-hydrogen) atoms.